The van der Waals surface area contributed by atoms with Gasteiger partial charge in [-0.25, -0.2) is 0 Å². The molecule has 1 rings (SSSR count). The number of thiophene rings is 1. The Morgan fingerprint density at radius 1 is 1.73 bits per heavy atom. The van der Waals surface area contributed by atoms with Crippen molar-refractivity contribution in [2.45, 2.75) is 13.0 Å². The second kappa shape index (κ2) is 4.80. The summed E-state index contributed by atoms with van der Waals surface area (Å²) in [4.78, 5) is 13.8. The van der Waals surface area contributed by atoms with Crippen LogP contribution in [0.25, 0.3) is 0 Å². The van der Waals surface area contributed by atoms with Crippen molar-refractivity contribution in [1.82, 2.24) is 4.90 Å². The maximum absolute atomic E-state index is 11.9. The number of methoxy groups -OCH3 is 1. The molecule has 80 valence electrons. The topological polar surface area (TPSA) is 53.3 Å². The molecule has 0 aromatic carbocycles. The molecule has 1 amide bonds. The molecule has 0 bridgehead atoms. The van der Waals surface area contributed by atoms with Crippen LogP contribution in [0.3, 0.4) is 0 Å². The molecule has 5 heteroatoms. The molecule has 1 aromatic heterocycles. The largest absolute Gasteiger partial charge is 0.495 e. The highest BCUT2D eigenvalue weighted by atomic mass is 32.1. The Balaban J connectivity index is 2.91. The van der Waals surface area contributed by atoms with Crippen LogP contribution in [0.5, 0.6) is 5.75 Å². The molecule has 1 atom stereocenters. The molecular weight excluding hydrogens is 212 g/mol. The zero-order chi connectivity index (χ0) is 11.4. The molecule has 0 aliphatic rings. The normalized spacial score (nSPS) is 11.6. The van der Waals surface area contributed by atoms with Crippen molar-refractivity contribution >= 4 is 17.2 Å². The first kappa shape index (κ1) is 11.5. The number of nitriles is 1. The van der Waals surface area contributed by atoms with E-state index in [1.54, 1.807) is 25.4 Å². The molecular formula is C10H12N2O2S. The number of carbonyl (C=O) groups is 1. The molecule has 0 aliphatic carbocycles. The van der Waals surface area contributed by atoms with Crippen molar-refractivity contribution in [3.05, 3.63) is 16.3 Å². The van der Waals surface area contributed by atoms with Crippen LogP contribution in [-0.2, 0) is 0 Å². The quantitative estimate of drug-likeness (QED) is 0.785. The van der Waals surface area contributed by atoms with E-state index < -0.39 is 6.04 Å². The van der Waals surface area contributed by atoms with Gasteiger partial charge in [-0.1, -0.05) is 0 Å². The maximum atomic E-state index is 11.9. The van der Waals surface area contributed by atoms with Crippen molar-refractivity contribution in [2.24, 2.45) is 0 Å². The summed E-state index contributed by atoms with van der Waals surface area (Å²) in [7, 11) is 3.13. The average Bonchev–Trinajstić information content (AvgIpc) is 2.73. The summed E-state index contributed by atoms with van der Waals surface area (Å²) in [5.74, 6) is 0.373. The number of hydrogen-bond donors (Lipinski definition) is 0. The number of nitrogens with zero attached hydrogens (tertiary/aromatic N) is 2. The average molecular weight is 224 g/mol. The minimum atomic E-state index is -0.440. The number of amides is 1. The zero-order valence-corrected chi connectivity index (χ0v) is 9.67. The third-order valence-electron chi connectivity index (χ3n) is 2.13. The van der Waals surface area contributed by atoms with Crippen molar-refractivity contribution in [1.29, 1.82) is 5.26 Å². The van der Waals surface area contributed by atoms with Gasteiger partial charge in [0.2, 0.25) is 0 Å². The molecule has 4 nitrogen and oxygen atoms in total. The molecule has 0 saturated heterocycles. The van der Waals surface area contributed by atoms with Gasteiger partial charge in [0.1, 0.15) is 16.7 Å². The Hall–Kier alpha value is -1.54. The fraction of sp³-hybridized carbons (Fsp3) is 0.400. The van der Waals surface area contributed by atoms with Crippen LogP contribution < -0.4 is 4.74 Å². The van der Waals surface area contributed by atoms with Crippen LogP contribution in [0.2, 0.25) is 0 Å². The van der Waals surface area contributed by atoms with Crippen LogP contribution >= 0.6 is 11.3 Å². The van der Waals surface area contributed by atoms with Gasteiger partial charge in [-0.15, -0.1) is 11.3 Å². The first-order valence-corrected chi connectivity index (χ1v) is 5.28. The van der Waals surface area contributed by atoms with E-state index in [0.717, 1.165) is 0 Å². The van der Waals surface area contributed by atoms with Gasteiger partial charge < -0.3 is 9.64 Å². The Kier molecular flexibility index (Phi) is 3.69. The van der Waals surface area contributed by atoms with Gasteiger partial charge in [0, 0.05) is 7.05 Å². The number of ether oxygens (including phenoxy) is 1. The second-order valence-electron chi connectivity index (χ2n) is 3.04. The number of rotatable bonds is 3. The summed E-state index contributed by atoms with van der Waals surface area (Å²) in [6.45, 7) is 1.68. The van der Waals surface area contributed by atoms with Gasteiger partial charge >= 0.3 is 0 Å². The summed E-state index contributed by atoms with van der Waals surface area (Å²) in [6.07, 6.45) is 0. The van der Waals surface area contributed by atoms with E-state index in [4.69, 9.17) is 10.00 Å². The summed E-state index contributed by atoms with van der Waals surface area (Å²) in [5.41, 5.74) is 0. The lowest BCUT2D eigenvalue weighted by molar-refractivity contribution is 0.0775. The predicted molar refractivity (Wildman–Crippen MR) is 58.0 cm³/mol. The minimum Gasteiger partial charge on any atom is -0.495 e. The summed E-state index contributed by atoms with van der Waals surface area (Å²) < 4.78 is 5.05. The van der Waals surface area contributed by atoms with Crippen LogP contribution in [-0.4, -0.2) is 31.0 Å². The van der Waals surface area contributed by atoms with Gasteiger partial charge in [0.05, 0.1) is 13.2 Å². The van der Waals surface area contributed by atoms with Crippen LogP contribution in [0.15, 0.2) is 11.4 Å². The third kappa shape index (κ3) is 2.28. The number of carbonyl (C=O) groups excluding carboxylic acids is 1. The van der Waals surface area contributed by atoms with Gasteiger partial charge in [0.25, 0.3) is 5.91 Å². The fourth-order valence-electron chi connectivity index (χ4n) is 1.04. The van der Waals surface area contributed by atoms with E-state index in [-0.39, 0.29) is 5.91 Å². The Labute approximate surface area is 92.7 Å². The smallest absolute Gasteiger partial charge is 0.268 e. The summed E-state index contributed by atoms with van der Waals surface area (Å²) in [6, 6.07) is 3.31. The number of hydrogen-bond acceptors (Lipinski definition) is 4. The van der Waals surface area contributed by atoms with Crippen LogP contribution in [0, 0.1) is 11.3 Å². The molecule has 1 heterocycles. The van der Waals surface area contributed by atoms with E-state index in [1.807, 2.05) is 6.07 Å². The van der Waals surface area contributed by atoms with Crippen molar-refractivity contribution in [3.8, 4) is 11.8 Å². The van der Waals surface area contributed by atoms with Crippen LogP contribution in [0.4, 0.5) is 0 Å². The van der Waals surface area contributed by atoms with E-state index in [2.05, 4.69) is 0 Å². The lowest BCUT2D eigenvalue weighted by atomic mass is 10.3. The predicted octanol–water partition coefficient (Wildman–Crippen LogP) is 1.74. The van der Waals surface area contributed by atoms with Crippen LogP contribution in [0.1, 0.15) is 16.6 Å². The molecule has 1 unspecified atom stereocenters. The lowest BCUT2D eigenvalue weighted by Gasteiger charge is -2.18. The molecule has 0 N–H and O–H groups in total. The molecule has 0 spiro atoms. The van der Waals surface area contributed by atoms with Gasteiger partial charge in [-0.05, 0) is 18.4 Å². The molecule has 0 saturated carbocycles. The molecule has 15 heavy (non-hydrogen) atoms. The molecule has 1 aromatic rings. The van der Waals surface area contributed by atoms with Crippen molar-refractivity contribution in [3.63, 3.8) is 0 Å². The first-order valence-electron chi connectivity index (χ1n) is 4.40. The van der Waals surface area contributed by atoms with Crippen molar-refractivity contribution < 1.29 is 9.53 Å². The molecule has 0 aliphatic heterocycles. The summed E-state index contributed by atoms with van der Waals surface area (Å²) >= 11 is 1.31. The van der Waals surface area contributed by atoms with E-state index >= 15 is 0 Å². The lowest BCUT2D eigenvalue weighted by Crippen LogP contribution is -2.33. The highest BCUT2D eigenvalue weighted by molar-refractivity contribution is 7.12. The Bertz CT molecular complexity index is 394. The Morgan fingerprint density at radius 3 is 2.93 bits per heavy atom. The van der Waals surface area contributed by atoms with Gasteiger partial charge in [0.15, 0.2) is 0 Å². The fourth-order valence-corrected chi connectivity index (χ4v) is 1.88. The summed E-state index contributed by atoms with van der Waals surface area (Å²) in [5, 5.41) is 10.5. The third-order valence-corrected chi connectivity index (χ3v) is 3.02. The standard InChI is InChI=1S/C10H12N2O2S/c1-7(6-11)12(2)10(13)9-8(14-3)4-5-15-9/h4-5,7H,1-3H3. The zero-order valence-electron chi connectivity index (χ0n) is 8.85. The van der Waals surface area contributed by atoms with E-state index in [0.29, 0.717) is 10.6 Å². The highest BCUT2D eigenvalue weighted by Crippen LogP contribution is 2.25. The molecule has 0 radical (unpaired) electrons. The Morgan fingerprint density at radius 2 is 2.40 bits per heavy atom. The first-order chi connectivity index (χ1) is 7.11. The van der Waals surface area contributed by atoms with Crippen molar-refractivity contribution in [2.75, 3.05) is 14.2 Å². The molecule has 0 fully saturated rings. The monoisotopic (exact) mass is 224 g/mol. The maximum Gasteiger partial charge on any atom is 0.268 e. The SMILES string of the molecule is COc1ccsc1C(=O)N(C)C(C)C#N. The minimum absolute atomic E-state index is 0.184. The van der Waals surface area contributed by atoms with E-state index in [1.165, 1.54) is 23.3 Å². The highest BCUT2D eigenvalue weighted by Gasteiger charge is 2.21. The van der Waals surface area contributed by atoms with Gasteiger partial charge in [-0.2, -0.15) is 5.26 Å². The van der Waals surface area contributed by atoms with E-state index in [9.17, 15) is 4.79 Å². The second-order valence-corrected chi connectivity index (χ2v) is 3.96. The van der Waals surface area contributed by atoms with Gasteiger partial charge in [-0.3, -0.25) is 4.79 Å².